The zero-order valence-corrected chi connectivity index (χ0v) is 19.8. The van der Waals surface area contributed by atoms with E-state index in [0.717, 1.165) is 11.1 Å². The highest BCUT2D eigenvalue weighted by Gasteiger charge is 2.19. The first-order valence-corrected chi connectivity index (χ1v) is 10.9. The Balaban J connectivity index is 1.49. The predicted molar refractivity (Wildman–Crippen MR) is 129 cm³/mol. The molecular weight excluding hydrogens is 471 g/mol. The number of halogens is 3. The summed E-state index contributed by atoms with van der Waals surface area (Å²) in [6.45, 7) is 5.26. The van der Waals surface area contributed by atoms with Crippen LogP contribution in [0, 0.1) is 20.8 Å². The van der Waals surface area contributed by atoms with Gasteiger partial charge in [-0.25, -0.2) is 4.98 Å². The van der Waals surface area contributed by atoms with Gasteiger partial charge in [0.25, 0.3) is 5.91 Å². The van der Waals surface area contributed by atoms with Crippen molar-refractivity contribution in [1.29, 1.82) is 0 Å². The molecule has 164 valence electrons. The van der Waals surface area contributed by atoms with Crippen LogP contribution in [0.2, 0.25) is 15.1 Å². The van der Waals surface area contributed by atoms with Crippen LogP contribution >= 0.6 is 34.8 Å². The summed E-state index contributed by atoms with van der Waals surface area (Å²) in [5.74, 6) is 0.384. The largest absolute Gasteiger partial charge is 0.481 e. The van der Waals surface area contributed by atoms with Crippen LogP contribution in [0.5, 0.6) is 5.75 Å². The van der Waals surface area contributed by atoms with Gasteiger partial charge in [-0.3, -0.25) is 4.79 Å². The van der Waals surface area contributed by atoms with Crippen molar-refractivity contribution in [2.45, 2.75) is 20.8 Å². The SMILES string of the molecule is Cc1cccc(-c2nc3cc(NC(=O)COc4c(Cl)c(C)c(Cl)c(C)c4Cl)ccc3o2)c1. The van der Waals surface area contributed by atoms with Gasteiger partial charge in [0.15, 0.2) is 17.9 Å². The van der Waals surface area contributed by atoms with Gasteiger partial charge in [0, 0.05) is 16.3 Å². The molecule has 0 aliphatic heterocycles. The third-order valence-electron chi connectivity index (χ3n) is 5.00. The molecule has 1 N–H and O–H groups in total. The number of fused-ring (bicyclic) bond motifs is 1. The number of rotatable bonds is 5. The average Bonchev–Trinajstić information content (AvgIpc) is 3.20. The molecule has 4 rings (SSSR count). The van der Waals surface area contributed by atoms with Crippen LogP contribution in [-0.2, 0) is 4.79 Å². The summed E-state index contributed by atoms with van der Waals surface area (Å²) in [5.41, 5.74) is 5.12. The van der Waals surface area contributed by atoms with Crippen LogP contribution in [0.3, 0.4) is 0 Å². The van der Waals surface area contributed by atoms with E-state index in [1.54, 1.807) is 32.0 Å². The number of ether oxygens (including phenoxy) is 1. The fraction of sp³-hybridized carbons (Fsp3) is 0.167. The lowest BCUT2D eigenvalue weighted by molar-refractivity contribution is -0.118. The van der Waals surface area contributed by atoms with Crippen molar-refractivity contribution in [2.24, 2.45) is 0 Å². The van der Waals surface area contributed by atoms with Crippen molar-refractivity contribution in [3.05, 3.63) is 74.2 Å². The van der Waals surface area contributed by atoms with E-state index in [0.29, 0.717) is 38.8 Å². The Labute approximate surface area is 200 Å². The molecule has 0 saturated carbocycles. The Hall–Kier alpha value is -2.73. The first-order valence-electron chi connectivity index (χ1n) is 9.78. The Bertz CT molecular complexity index is 1320. The fourth-order valence-electron chi connectivity index (χ4n) is 3.28. The normalized spacial score (nSPS) is 11.1. The lowest BCUT2D eigenvalue weighted by atomic mass is 10.1. The summed E-state index contributed by atoms with van der Waals surface area (Å²) in [6.07, 6.45) is 0. The highest BCUT2D eigenvalue weighted by Crippen LogP contribution is 2.42. The Morgan fingerprint density at radius 1 is 1.00 bits per heavy atom. The minimum atomic E-state index is -0.371. The molecule has 8 heteroatoms. The van der Waals surface area contributed by atoms with Crippen molar-refractivity contribution in [1.82, 2.24) is 4.98 Å². The van der Waals surface area contributed by atoms with Gasteiger partial charge < -0.3 is 14.5 Å². The minimum Gasteiger partial charge on any atom is -0.481 e. The van der Waals surface area contributed by atoms with Gasteiger partial charge in [-0.05, 0) is 62.2 Å². The molecule has 3 aromatic carbocycles. The molecule has 0 spiro atoms. The summed E-state index contributed by atoms with van der Waals surface area (Å²) in [6, 6.07) is 13.1. The number of hydrogen-bond acceptors (Lipinski definition) is 4. The summed E-state index contributed by atoms with van der Waals surface area (Å²) in [7, 11) is 0. The molecule has 0 fully saturated rings. The summed E-state index contributed by atoms with van der Waals surface area (Å²) in [4.78, 5) is 17.0. The van der Waals surface area contributed by atoms with Gasteiger partial charge in [-0.2, -0.15) is 0 Å². The number of carbonyl (C=O) groups excluding carboxylic acids is 1. The predicted octanol–water partition coefficient (Wildman–Crippen LogP) is 7.40. The minimum absolute atomic E-state index is 0.234. The van der Waals surface area contributed by atoms with Crippen LogP contribution in [0.1, 0.15) is 16.7 Å². The van der Waals surface area contributed by atoms with E-state index in [2.05, 4.69) is 10.3 Å². The number of oxazole rings is 1. The van der Waals surface area contributed by atoms with Gasteiger partial charge in [0.2, 0.25) is 5.89 Å². The van der Waals surface area contributed by atoms with E-state index in [1.165, 1.54) is 0 Å². The smallest absolute Gasteiger partial charge is 0.262 e. The number of nitrogens with one attached hydrogen (secondary N) is 1. The maximum atomic E-state index is 12.5. The lowest BCUT2D eigenvalue weighted by Crippen LogP contribution is -2.20. The molecule has 32 heavy (non-hydrogen) atoms. The van der Waals surface area contributed by atoms with E-state index in [1.807, 2.05) is 31.2 Å². The second kappa shape index (κ2) is 9.02. The van der Waals surface area contributed by atoms with Crippen molar-refractivity contribution in [2.75, 3.05) is 11.9 Å². The first kappa shape index (κ1) is 22.5. The number of benzene rings is 3. The number of nitrogens with zero attached hydrogens (tertiary/aromatic N) is 1. The summed E-state index contributed by atoms with van der Waals surface area (Å²) >= 11 is 18.8. The van der Waals surface area contributed by atoms with E-state index in [-0.39, 0.29) is 28.3 Å². The van der Waals surface area contributed by atoms with Crippen molar-refractivity contribution < 1.29 is 13.9 Å². The maximum absolute atomic E-state index is 12.5. The molecule has 1 aromatic heterocycles. The number of hydrogen-bond donors (Lipinski definition) is 1. The molecule has 0 saturated heterocycles. The molecule has 4 aromatic rings. The van der Waals surface area contributed by atoms with Gasteiger partial charge in [-0.1, -0.05) is 52.5 Å². The number of aryl methyl sites for hydroxylation is 1. The maximum Gasteiger partial charge on any atom is 0.262 e. The zero-order valence-electron chi connectivity index (χ0n) is 17.6. The Kier molecular flexibility index (Phi) is 6.33. The highest BCUT2D eigenvalue weighted by atomic mass is 35.5. The summed E-state index contributed by atoms with van der Waals surface area (Å²) in [5, 5.41) is 3.83. The summed E-state index contributed by atoms with van der Waals surface area (Å²) < 4.78 is 11.5. The number of carbonyl (C=O) groups is 1. The van der Waals surface area contributed by atoms with Crippen molar-refractivity contribution >= 4 is 57.5 Å². The average molecular weight is 490 g/mol. The Morgan fingerprint density at radius 3 is 2.41 bits per heavy atom. The molecule has 0 aliphatic rings. The fourth-order valence-corrected chi connectivity index (χ4v) is 4.10. The second-order valence-electron chi connectivity index (χ2n) is 7.43. The molecule has 0 atom stereocenters. The molecule has 0 bridgehead atoms. The standard InChI is InChI=1S/C24H19Cl3N2O3/c1-12-5-4-6-15(9-12)24-29-17-10-16(7-8-18(17)32-24)28-19(30)11-31-23-21(26)13(2)20(25)14(3)22(23)27/h4-10H,11H2,1-3H3,(H,28,30). The van der Waals surface area contributed by atoms with E-state index >= 15 is 0 Å². The van der Waals surface area contributed by atoms with Crippen LogP contribution in [-0.4, -0.2) is 17.5 Å². The molecule has 0 unspecified atom stereocenters. The van der Waals surface area contributed by atoms with Gasteiger partial charge in [-0.15, -0.1) is 0 Å². The first-order chi connectivity index (χ1) is 15.2. The Morgan fingerprint density at radius 2 is 1.72 bits per heavy atom. The molecular formula is C24H19Cl3N2O3. The molecule has 0 aliphatic carbocycles. The lowest BCUT2D eigenvalue weighted by Gasteiger charge is -2.15. The van der Waals surface area contributed by atoms with E-state index in [4.69, 9.17) is 44.0 Å². The molecule has 0 radical (unpaired) electrons. The van der Waals surface area contributed by atoms with Gasteiger partial charge >= 0.3 is 0 Å². The number of amides is 1. The van der Waals surface area contributed by atoms with Gasteiger partial charge in [0.1, 0.15) is 5.52 Å². The van der Waals surface area contributed by atoms with Crippen molar-refractivity contribution in [3.63, 3.8) is 0 Å². The van der Waals surface area contributed by atoms with E-state index in [9.17, 15) is 4.79 Å². The molecule has 1 amide bonds. The number of anilines is 1. The molecule has 1 heterocycles. The highest BCUT2D eigenvalue weighted by molar-refractivity contribution is 6.42. The monoisotopic (exact) mass is 488 g/mol. The third-order valence-corrected chi connectivity index (χ3v) is 6.48. The second-order valence-corrected chi connectivity index (χ2v) is 8.56. The van der Waals surface area contributed by atoms with Crippen molar-refractivity contribution in [3.8, 4) is 17.2 Å². The number of aromatic nitrogens is 1. The quantitative estimate of drug-likeness (QED) is 0.317. The van der Waals surface area contributed by atoms with Gasteiger partial charge in [0.05, 0.1) is 10.0 Å². The van der Waals surface area contributed by atoms with Crippen LogP contribution < -0.4 is 10.1 Å². The van der Waals surface area contributed by atoms with Crippen LogP contribution in [0.25, 0.3) is 22.6 Å². The van der Waals surface area contributed by atoms with E-state index < -0.39 is 0 Å². The van der Waals surface area contributed by atoms with Crippen LogP contribution in [0.4, 0.5) is 5.69 Å². The topological polar surface area (TPSA) is 64.4 Å². The van der Waals surface area contributed by atoms with Crippen LogP contribution in [0.15, 0.2) is 46.9 Å². The third kappa shape index (κ3) is 4.42. The zero-order chi connectivity index (χ0) is 23.0. The molecule has 5 nitrogen and oxygen atoms in total.